The van der Waals surface area contributed by atoms with Gasteiger partial charge in [0.05, 0.1) is 12.1 Å². The lowest BCUT2D eigenvalue weighted by molar-refractivity contribution is -0.160. The highest BCUT2D eigenvalue weighted by molar-refractivity contribution is 5.86. The summed E-state index contributed by atoms with van der Waals surface area (Å²) in [6.45, 7) is 1.97. The zero-order chi connectivity index (χ0) is 7.07. The molecule has 1 aliphatic heterocycles. The lowest BCUT2D eigenvalue weighted by Crippen LogP contribution is -2.44. The number of hydrogen-bond acceptors (Lipinski definition) is 3. The Morgan fingerprint density at radius 3 is 2.56 bits per heavy atom. The second kappa shape index (κ2) is 1.68. The summed E-state index contributed by atoms with van der Waals surface area (Å²) in [6.07, 6.45) is 0.530. The number of amides is 1. The Morgan fingerprint density at radius 2 is 2.44 bits per heavy atom. The van der Waals surface area contributed by atoms with Crippen LogP contribution in [0.3, 0.4) is 0 Å². The van der Waals surface area contributed by atoms with E-state index in [1.165, 1.54) is 0 Å². The van der Waals surface area contributed by atoms with Gasteiger partial charge in [-0.25, -0.2) is 5.06 Å². The van der Waals surface area contributed by atoms with Crippen LogP contribution >= 0.6 is 0 Å². The van der Waals surface area contributed by atoms with Gasteiger partial charge >= 0.3 is 0 Å². The molecule has 3 N–H and O–H groups in total. The van der Waals surface area contributed by atoms with E-state index in [4.69, 9.17) is 10.9 Å². The average molecular weight is 130 g/mol. The molecule has 0 aromatic rings. The molecule has 0 saturated carbocycles. The van der Waals surface area contributed by atoms with E-state index < -0.39 is 5.54 Å². The molecule has 4 heteroatoms. The summed E-state index contributed by atoms with van der Waals surface area (Å²) >= 11 is 0. The second-order valence-corrected chi connectivity index (χ2v) is 2.60. The van der Waals surface area contributed by atoms with Gasteiger partial charge in [0, 0.05) is 0 Å². The Bertz CT molecular complexity index is 144. The van der Waals surface area contributed by atoms with Gasteiger partial charge in [-0.05, 0) is 13.3 Å². The third kappa shape index (κ3) is 0.906. The highest BCUT2D eigenvalue weighted by Crippen LogP contribution is 2.16. The molecule has 0 aromatic heterocycles. The van der Waals surface area contributed by atoms with Gasteiger partial charge in [-0.1, -0.05) is 0 Å². The SMILES string of the molecule is C[C@]1(N)CCN(O)C1=O. The predicted octanol–water partition coefficient (Wildman–Crippen LogP) is -0.675. The summed E-state index contributed by atoms with van der Waals surface area (Å²) in [7, 11) is 0. The van der Waals surface area contributed by atoms with E-state index in [-0.39, 0.29) is 5.91 Å². The topological polar surface area (TPSA) is 66.6 Å². The third-order valence-corrected chi connectivity index (χ3v) is 1.57. The Kier molecular flexibility index (Phi) is 1.22. The lowest BCUT2D eigenvalue weighted by Gasteiger charge is -2.13. The lowest BCUT2D eigenvalue weighted by atomic mass is 10.0. The van der Waals surface area contributed by atoms with Crippen molar-refractivity contribution >= 4 is 5.91 Å². The predicted molar refractivity (Wildman–Crippen MR) is 30.7 cm³/mol. The fourth-order valence-corrected chi connectivity index (χ4v) is 0.841. The third-order valence-electron chi connectivity index (χ3n) is 1.57. The van der Waals surface area contributed by atoms with Crippen molar-refractivity contribution in [2.24, 2.45) is 5.73 Å². The van der Waals surface area contributed by atoms with Crippen molar-refractivity contribution in [2.75, 3.05) is 6.54 Å². The number of hydroxylamine groups is 2. The first-order valence-corrected chi connectivity index (χ1v) is 2.84. The molecular weight excluding hydrogens is 120 g/mol. The maximum absolute atomic E-state index is 10.8. The molecule has 1 atom stereocenters. The summed E-state index contributed by atoms with van der Waals surface area (Å²) in [5.74, 6) is -0.387. The van der Waals surface area contributed by atoms with Crippen LogP contribution in [0.15, 0.2) is 0 Å². The van der Waals surface area contributed by atoms with Crippen LogP contribution in [0.2, 0.25) is 0 Å². The number of nitrogens with zero attached hydrogens (tertiary/aromatic N) is 1. The molecule has 1 rings (SSSR count). The van der Waals surface area contributed by atoms with E-state index in [1.807, 2.05) is 0 Å². The molecule has 4 nitrogen and oxygen atoms in total. The van der Waals surface area contributed by atoms with Crippen LogP contribution in [0.4, 0.5) is 0 Å². The molecule has 1 aliphatic rings. The Hall–Kier alpha value is -0.610. The molecule has 1 saturated heterocycles. The maximum atomic E-state index is 10.8. The smallest absolute Gasteiger partial charge is 0.265 e. The number of carbonyl (C=O) groups excluding carboxylic acids is 1. The van der Waals surface area contributed by atoms with Gasteiger partial charge in [0.15, 0.2) is 0 Å². The van der Waals surface area contributed by atoms with Gasteiger partial charge < -0.3 is 5.73 Å². The van der Waals surface area contributed by atoms with E-state index in [9.17, 15) is 4.79 Å². The molecule has 1 heterocycles. The second-order valence-electron chi connectivity index (χ2n) is 2.60. The molecule has 52 valence electrons. The van der Waals surface area contributed by atoms with Crippen LogP contribution in [-0.4, -0.2) is 28.3 Å². The summed E-state index contributed by atoms with van der Waals surface area (Å²) in [5, 5.41) is 9.40. The average Bonchev–Trinajstić information content (AvgIpc) is 1.97. The Morgan fingerprint density at radius 1 is 1.89 bits per heavy atom. The van der Waals surface area contributed by atoms with Gasteiger partial charge in [0.1, 0.15) is 0 Å². The van der Waals surface area contributed by atoms with Crippen LogP contribution in [0, 0.1) is 0 Å². The number of nitrogens with two attached hydrogens (primary N) is 1. The van der Waals surface area contributed by atoms with Crippen LogP contribution in [-0.2, 0) is 4.79 Å². The maximum Gasteiger partial charge on any atom is 0.265 e. The van der Waals surface area contributed by atoms with Gasteiger partial charge in [-0.3, -0.25) is 10.0 Å². The van der Waals surface area contributed by atoms with Crippen LogP contribution in [0.1, 0.15) is 13.3 Å². The van der Waals surface area contributed by atoms with E-state index >= 15 is 0 Å². The van der Waals surface area contributed by atoms with Gasteiger partial charge in [0.2, 0.25) is 0 Å². The van der Waals surface area contributed by atoms with Crippen molar-refractivity contribution in [2.45, 2.75) is 18.9 Å². The first kappa shape index (κ1) is 6.51. The summed E-state index contributed by atoms with van der Waals surface area (Å²) < 4.78 is 0. The largest absolute Gasteiger partial charge is 0.317 e. The molecular formula is C5H10N2O2. The molecule has 1 amide bonds. The number of carbonyl (C=O) groups is 1. The Labute approximate surface area is 53.2 Å². The zero-order valence-electron chi connectivity index (χ0n) is 5.29. The quantitative estimate of drug-likeness (QED) is 0.427. The van der Waals surface area contributed by atoms with Gasteiger partial charge in [-0.15, -0.1) is 0 Å². The first-order chi connectivity index (χ1) is 4.04. The molecule has 1 fully saturated rings. The van der Waals surface area contributed by atoms with Crippen LogP contribution in [0.25, 0.3) is 0 Å². The minimum absolute atomic E-state index is 0.353. The summed E-state index contributed by atoms with van der Waals surface area (Å²) in [4.78, 5) is 10.8. The minimum Gasteiger partial charge on any atom is -0.317 e. The normalized spacial score (nSPS) is 35.9. The van der Waals surface area contributed by atoms with Crippen molar-refractivity contribution in [3.63, 3.8) is 0 Å². The highest BCUT2D eigenvalue weighted by Gasteiger charge is 2.38. The molecule has 0 bridgehead atoms. The fourth-order valence-electron chi connectivity index (χ4n) is 0.841. The van der Waals surface area contributed by atoms with E-state index in [2.05, 4.69) is 0 Å². The number of hydrogen-bond donors (Lipinski definition) is 2. The minimum atomic E-state index is -0.839. The van der Waals surface area contributed by atoms with E-state index in [1.54, 1.807) is 6.92 Å². The highest BCUT2D eigenvalue weighted by atomic mass is 16.5. The molecule has 0 spiro atoms. The van der Waals surface area contributed by atoms with Crippen molar-refractivity contribution in [1.82, 2.24) is 5.06 Å². The van der Waals surface area contributed by atoms with Crippen LogP contribution in [0.5, 0.6) is 0 Å². The fraction of sp³-hybridized carbons (Fsp3) is 0.800. The zero-order valence-corrected chi connectivity index (χ0v) is 5.29. The van der Waals surface area contributed by atoms with Crippen molar-refractivity contribution in [3.05, 3.63) is 0 Å². The molecule has 9 heavy (non-hydrogen) atoms. The van der Waals surface area contributed by atoms with Gasteiger partial charge in [-0.2, -0.15) is 0 Å². The molecule has 0 unspecified atom stereocenters. The Balaban J connectivity index is 2.74. The summed E-state index contributed by atoms with van der Waals surface area (Å²) in [5.41, 5.74) is 4.62. The van der Waals surface area contributed by atoms with E-state index in [0.717, 1.165) is 0 Å². The van der Waals surface area contributed by atoms with Crippen LogP contribution < -0.4 is 5.73 Å². The van der Waals surface area contributed by atoms with E-state index in [0.29, 0.717) is 18.0 Å². The first-order valence-electron chi connectivity index (χ1n) is 2.84. The number of rotatable bonds is 0. The van der Waals surface area contributed by atoms with Crippen molar-refractivity contribution in [3.8, 4) is 0 Å². The standard InChI is InChI=1S/C5H10N2O2/c1-5(6)2-3-7(9)4(5)8/h9H,2-3,6H2,1H3/t5-/m0/s1. The van der Waals surface area contributed by atoms with Gasteiger partial charge in [0.25, 0.3) is 5.91 Å². The monoisotopic (exact) mass is 130 g/mol. The molecule has 0 aliphatic carbocycles. The molecule has 0 radical (unpaired) electrons. The van der Waals surface area contributed by atoms with Crippen molar-refractivity contribution < 1.29 is 10.0 Å². The summed E-state index contributed by atoms with van der Waals surface area (Å²) in [6, 6.07) is 0. The van der Waals surface area contributed by atoms with Crippen molar-refractivity contribution in [1.29, 1.82) is 0 Å². The molecule has 0 aromatic carbocycles.